The molecule has 40 heavy (non-hydrogen) atoms. The maximum atomic E-state index is 12.2. The van der Waals surface area contributed by atoms with E-state index in [2.05, 4.69) is 29.8 Å². The number of carboxylic acid groups (broad SMARTS) is 2. The molecule has 0 fully saturated rings. The molecule has 0 aromatic heterocycles. The number of unbranched alkanes of at least 4 members (excludes halogenated alkanes) is 14. The number of carbonyl (C=O) groups is 4. The summed E-state index contributed by atoms with van der Waals surface area (Å²) in [5, 5.41) is 28.5. The molecule has 0 rings (SSSR count). The molecule has 10 heteroatoms. The minimum Gasteiger partial charge on any atom is -0.465 e. The zero-order chi connectivity index (χ0) is 30.2. The molecule has 0 saturated heterocycles. The van der Waals surface area contributed by atoms with Crippen molar-refractivity contribution in [2.24, 2.45) is 11.8 Å². The Hall–Kier alpha value is -2.20. The third-order valence-corrected chi connectivity index (χ3v) is 7.27. The zero-order valence-electron chi connectivity index (χ0n) is 25.5. The van der Waals surface area contributed by atoms with E-state index in [0.29, 0.717) is 12.3 Å². The third kappa shape index (κ3) is 21.6. The van der Waals surface area contributed by atoms with Crippen LogP contribution < -0.4 is 21.3 Å². The molecule has 6 N–H and O–H groups in total. The van der Waals surface area contributed by atoms with E-state index < -0.39 is 30.3 Å². The molecule has 0 aromatic rings. The molecule has 0 heterocycles. The van der Waals surface area contributed by atoms with E-state index in [0.717, 1.165) is 38.5 Å². The Labute approximate surface area is 242 Å². The van der Waals surface area contributed by atoms with E-state index >= 15 is 0 Å². The van der Waals surface area contributed by atoms with Crippen LogP contribution in [0.1, 0.15) is 130 Å². The minimum absolute atomic E-state index is 0.0162. The molecular weight excluding hydrogens is 512 g/mol. The predicted octanol–water partition coefficient (Wildman–Crippen LogP) is 6.04. The summed E-state index contributed by atoms with van der Waals surface area (Å²) in [5.41, 5.74) is 0. The SMILES string of the molecule is CC(C)C(C=O)NCCCCCCCCCCCCCCCCCC(NC(=O)O)NC(C(=O)NC(=O)O)C(C)C. The summed E-state index contributed by atoms with van der Waals surface area (Å²) in [4.78, 5) is 45.1. The highest BCUT2D eigenvalue weighted by atomic mass is 16.4. The van der Waals surface area contributed by atoms with Crippen molar-refractivity contribution in [3.05, 3.63) is 0 Å². The maximum absolute atomic E-state index is 12.2. The second-order valence-corrected chi connectivity index (χ2v) is 11.6. The van der Waals surface area contributed by atoms with Crippen LogP contribution in [0.25, 0.3) is 0 Å². The van der Waals surface area contributed by atoms with Crippen molar-refractivity contribution in [1.82, 2.24) is 21.3 Å². The highest BCUT2D eigenvalue weighted by Crippen LogP contribution is 2.14. The van der Waals surface area contributed by atoms with Gasteiger partial charge in [0.2, 0.25) is 5.91 Å². The second kappa shape index (κ2) is 24.6. The molecule has 0 aliphatic carbocycles. The fourth-order valence-corrected chi connectivity index (χ4v) is 4.80. The molecule has 3 unspecified atom stereocenters. The lowest BCUT2D eigenvalue weighted by Crippen LogP contribution is -2.56. The number of imide groups is 1. The lowest BCUT2D eigenvalue weighted by Gasteiger charge is -2.27. The summed E-state index contributed by atoms with van der Waals surface area (Å²) >= 11 is 0. The Morgan fingerprint density at radius 3 is 1.48 bits per heavy atom. The standard InChI is InChI=1S/C30H58N4O6/c1-23(2)25(22-35)31-21-19-17-15-13-11-9-7-5-6-8-10-12-14-16-18-20-26(33-29(37)38)32-27(24(3)4)28(36)34-30(39)40/h22-27,31-33H,5-21H2,1-4H3,(H,34,36)(H,37,38)(H,39,40). The molecule has 0 saturated carbocycles. The fraction of sp³-hybridized carbons (Fsp3) is 0.867. The Morgan fingerprint density at radius 1 is 0.650 bits per heavy atom. The lowest BCUT2D eigenvalue weighted by atomic mass is 10.0. The monoisotopic (exact) mass is 570 g/mol. The molecule has 0 aliphatic heterocycles. The van der Waals surface area contributed by atoms with E-state index in [1.165, 1.54) is 70.6 Å². The average Bonchev–Trinajstić information content (AvgIpc) is 2.87. The second-order valence-electron chi connectivity index (χ2n) is 11.6. The molecule has 3 atom stereocenters. The summed E-state index contributed by atoms with van der Waals surface area (Å²) in [6.45, 7) is 8.61. The molecule has 0 aliphatic rings. The Kier molecular flexibility index (Phi) is 23.2. The van der Waals surface area contributed by atoms with E-state index in [1.54, 1.807) is 13.8 Å². The smallest absolute Gasteiger partial charge is 0.411 e. The van der Waals surface area contributed by atoms with Gasteiger partial charge in [0.25, 0.3) is 0 Å². The van der Waals surface area contributed by atoms with Gasteiger partial charge >= 0.3 is 12.2 Å². The van der Waals surface area contributed by atoms with Crippen molar-refractivity contribution < 1.29 is 29.4 Å². The maximum Gasteiger partial charge on any atom is 0.411 e. The van der Waals surface area contributed by atoms with Crippen LogP contribution in [0.2, 0.25) is 0 Å². The van der Waals surface area contributed by atoms with Gasteiger partial charge in [-0.05, 0) is 31.2 Å². The van der Waals surface area contributed by atoms with E-state index in [1.807, 2.05) is 5.32 Å². The topological polar surface area (TPSA) is 157 Å². The fourth-order valence-electron chi connectivity index (χ4n) is 4.80. The lowest BCUT2D eigenvalue weighted by molar-refractivity contribution is -0.123. The first-order valence-corrected chi connectivity index (χ1v) is 15.6. The Bertz CT molecular complexity index is 689. The van der Waals surface area contributed by atoms with Crippen molar-refractivity contribution in [2.75, 3.05) is 6.54 Å². The van der Waals surface area contributed by atoms with Gasteiger partial charge in [0, 0.05) is 0 Å². The number of aldehydes is 1. The summed E-state index contributed by atoms with van der Waals surface area (Å²) in [6, 6.07) is -0.828. The molecule has 0 aromatic carbocycles. The number of nitrogens with one attached hydrogen (secondary N) is 4. The van der Waals surface area contributed by atoms with Gasteiger partial charge in [-0.15, -0.1) is 0 Å². The summed E-state index contributed by atoms with van der Waals surface area (Å²) in [5.74, 6) is -0.538. The van der Waals surface area contributed by atoms with Crippen molar-refractivity contribution in [3.8, 4) is 0 Å². The number of rotatable bonds is 26. The van der Waals surface area contributed by atoms with Gasteiger partial charge in [0.05, 0.1) is 18.2 Å². The highest BCUT2D eigenvalue weighted by molar-refractivity contribution is 5.94. The Morgan fingerprint density at radius 2 is 1.10 bits per heavy atom. The number of hydrogen-bond acceptors (Lipinski definition) is 6. The molecule has 0 bridgehead atoms. The van der Waals surface area contributed by atoms with Gasteiger partial charge in [-0.2, -0.15) is 0 Å². The number of carbonyl (C=O) groups excluding carboxylic acids is 2. The normalized spacial score (nSPS) is 13.7. The number of hydrogen-bond donors (Lipinski definition) is 6. The van der Waals surface area contributed by atoms with Crippen LogP contribution in [0, 0.1) is 11.8 Å². The summed E-state index contributed by atoms with van der Waals surface area (Å²) in [6.07, 6.45) is 16.3. The first-order valence-electron chi connectivity index (χ1n) is 15.6. The van der Waals surface area contributed by atoms with Crippen molar-refractivity contribution >= 4 is 24.4 Å². The Balaban J connectivity index is 3.77. The van der Waals surface area contributed by atoms with Crippen molar-refractivity contribution in [3.63, 3.8) is 0 Å². The summed E-state index contributed by atoms with van der Waals surface area (Å²) < 4.78 is 0. The van der Waals surface area contributed by atoms with Crippen LogP contribution in [0.3, 0.4) is 0 Å². The van der Waals surface area contributed by atoms with Gasteiger partial charge in [-0.25, -0.2) is 9.59 Å². The van der Waals surface area contributed by atoms with E-state index in [9.17, 15) is 19.2 Å². The molecule has 10 nitrogen and oxygen atoms in total. The molecule has 234 valence electrons. The van der Waals surface area contributed by atoms with Crippen LogP contribution in [-0.2, 0) is 9.59 Å². The van der Waals surface area contributed by atoms with E-state index in [4.69, 9.17) is 10.2 Å². The van der Waals surface area contributed by atoms with Crippen molar-refractivity contribution in [1.29, 1.82) is 0 Å². The van der Waals surface area contributed by atoms with Crippen LogP contribution in [0.4, 0.5) is 9.59 Å². The van der Waals surface area contributed by atoms with Gasteiger partial charge in [0.15, 0.2) is 0 Å². The van der Waals surface area contributed by atoms with Gasteiger partial charge in [-0.3, -0.25) is 15.4 Å². The van der Waals surface area contributed by atoms with Gasteiger partial charge in [0.1, 0.15) is 6.29 Å². The largest absolute Gasteiger partial charge is 0.465 e. The quantitative estimate of drug-likeness (QED) is 0.0417. The van der Waals surface area contributed by atoms with Crippen molar-refractivity contribution in [2.45, 2.75) is 149 Å². The van der Waals surface area contributed by atoms with Gasteiger partial charge < -0.3 is 25.6 Å². The number of amides is 3. The highest BCUT2D eigenvalue weighted by Gasteiger charge is 2.27. The first-order chi connectivity index (χ1) is 19.1. The van der Waals surface area contributed by atoms with Crippen LogP contribution in [0.5, 0.6) is 0 Å². The average molecular weight is 571 g/mol. The molecule has 3 amide bonds. The third-order valence-electron chi connectivity index (χ3n) is 7.27. The summed E-state index contributed by atoms with van der Waals surface area (Å²) in [7, 11) is 0. The van der Waals surface area contributed by atoms with Crippen LogP contribution in [0.15, 0.2) is 0 Å². The minimum atomic E-state index is -1.43. The van der Waals surface area contributed by atoms with Gasteiger partial charge in [-0.1, -0.05) is 118 Å². The molecular formula is C30H58N4O6. The van der Waals surface area contributed by atoms with Crippen LogP contribution in [-0.4, -0.2) is 59.4 Å². The van der Waals surface area contributed by atoms with E-state index in [-0.39, 0.29) is 12.0 Å². The molecule has 0 radical (unpaired) electrons. The predicted molar refractivity (Wildman–Crippen MR) is 159 cm³/mol. The zero-order valence-corrected chi connectivity index (χ0v) is 25.5. The van der Waals surface area contributed by atoms with Crippen LogP contribution >= 0.6 is 0 Å². The molecule has 0 spiro atoms. The first kappa shape index (κ1) is 37.8.